The van der Waals surface area contributed by atoms with Crippen LogP contribution in [0.5, 0.6) is 0 Å². The van der Waals surface area contributed by atoms with Gasteiger partial charge in [0, 0.05) is 45.8 Å². The molecule has 0 radical (unpaired) electrons. The highest BCUT2D eigenvalue weighted by molar-refractivity contribution is 14.0. The van der Waals surface area contributed by atoms with Crippen molar-refractivity contribution < 1.29 is 9.53 Å². The van der Waals surface area contributed by atoms with E-state index >= 15 is 0 Å². The summed E-state index contributed by atoms with van der Waals surface area (Å²) >= 11 is 0. The molecule has 1 aliphatic carbocycles. The number of benzene rings is 1. The van der Waals surface area contributed by atoms with Gasteiger partial charge in [0.05, 0.1) is 6.10 Å². The highest BCUT2D eigenvalue weighted by atomic mass is 127. The van der Waals surface area contributed by atoms with Crippen LogP contribution in [0.3, 0.4) is 0 Å². The van der Waals surface area contributed by atoms with Gasteiger partial charge in [-0.25, -0.2) is 0 Å². The molecule has 1 aromatic carbocycles. The molecule has 180 valence electrons. The normalized spacial score (nSPS) is 17.1. The lowest BCUT2D eigenvalue weighted by Crippen LogP contribution is -2.39. The Morgan fingerprint density at radius 3 is 2.47 bits per heavy atom. The Morgan fingerprint density at radius 2 is 1.84 bits per heavy atom. The quantitative estimate of drug-likeness (QED) is 0.183. The summed E-state index contributed by atoms with van der Waals surface area (Å²) in [6, 6.07) is 8.32. The molecule has 1 amide bonds. The van der Waals surface area contributed by atoms with E-state index in [4.69, 9.17) is 4.74 Å². The van der Waals surface area contributed by atoms with E-state index in [0.717, 1.165) is 51.6 Å². The van der Waals surface area contributed by atoms with Crippen LogP contribution < -0.4 is 10.6 Å². The molecule has 1 atom stereocenters. The lowest BCUT2D eigenvalue weighted by atomic mass is 9.98. The van der Waals surface area contributed by atoms with Crippen molar-refractivity contribution in [3.63, 3.8) is 0 Å². The van der Waals surface area contributed by atoms with Crippen LogP contribution >= 0.6 is 24.0 Å². The molecular weight excluding hydrogens is 515 g/mol. The summed E-state index contributed by atoms with van der Waals surface area (Å²) in [5.74, 6) is 1.77. The average molecular weight is 557 g/mol. The minimum atomic E-state index is 0. The lowest BCUT2D eigenvalue weighted by molar-refractivity contribution is -0.131. The SMILES string of the molecule is CCNC(=NCCCC(=O)N1Cc2ccccc2C1)NCCC(OCC)C1CCCC1.I. The maximum absolute atomic E-state index is 12.6. The van der Waals surface area contributed by atoms with Gasteiger partial charge in [0.25, 0.3) is 0 Å². The van der Waals surface area contributed by atoms with Crippen molar-refractivity contribution in [3.05, 3.63) is 35.4 Å². The smallest absolute Gasteiger partial charge is 0.223 e. The topological polar surface area (TPSA) is 66.0 Å². The minimum Gasteiger partial charge on any atom is -0.378 e. The third-order valence-electron chi connectivity index (χ3n) is 6.38. The fraction of sp³-hybridized carbons (Fsp3) is 0.680. The first-order valence-corrected chi connectivity index (χ1v) is 12.2. The number of rotatable bonds is 11. The molecule has 2 aliphatic rings. The first kappa shape index (κ1) is 26.9. The molecule has 0 aromatic heterocycles. The number of nitrogens with zero attached hydrogens (tertiary/aromatic N) is 2. The number of fused-ring (bicyclic) bond motifs is 1. The van der Waals surface area contributed by atoms with Crippen molar-refractivity contribution in [1.29, 1.82) is 0 Å². The van der Waals surface area contributed by atoms with Crippen LogP contribution in [0.4, 0.5) is 0 Å². The van der Waals surface area contributed by atoms with Gasteiger partial charge in [-0.1, -0.05) is 37.1 Å². The fourth-order valence-corrected chi connectivity index (χ4v) is 4.76. The second kappa shape index (κ2) is 14.7. The van der Waals surface area contributed by atoms with Crippen molar-refractivity contribution >= 4 is 35.8 Å². The summed E-state index contributed by atoms with van der Waals surface area (Å²) in [6.45, 7) is 8.77. The molecule has 1 aliphatic heterocycles. The van der Waals surface area contributed by atoms with Crippen molar-refractivity contribution in [2.75, 3.05) is 26.2 Å². The van der Waals surface area contributed by atoms with Crippen LogP contribution in [0.25, 0.3) is 0 Å². The van der Waals surface area contributed by atoms with Gasteiger partial charge >= 0.3 is 0 Å². The highest BCUT2D eigenvalue weighted by Crippen LogP contribution is 2.30. The standard InChI is InChI=1S/C25H40N4O2.HI/c1-3-26-25(28-17-15-23(31-4-2)20-10-5-6-11-20)27-16-9-14-24(30)29-18-21-12-7-8-13-22(21)19-29;/h7-8,12-13,20,23H,3-6,9-11,14-19H2,1-2H3,(H2,26,27,28);1H. The maximum atomic E-state index is 12.6. The predicted molar refractivity (Wildman–Crippen MR) is 141 cm³/mol. The number of nitrogens with one attached hydrogen (secondary N) is 2. The van der Waals surface area contributed by atoms with E-state index < -0.39 is 0 Å². The zero-order valence-corrected chi connectivity index (χ0v) is 22.1. The van der Waals surface area contributed by atoms with E-state index in [1.165, 1.54) is 36.8 Å². The van der Waals surface area contributed by atoms with E-state index in [2.05, 4.69) is 41.6 Å². The van der Waals surface area contributed by atoms with E-state index in [0.29, 0.717) is 25.0 Å². The van der Waals surface area contributed by atoms with Crippen LogP contribution in [-0.4, -0.2) is 49.1 Å². The lowest BCUT2D eigenvalue weighted by Gasteiger charge is -2.24. The van der Waals surface area contributed by atoms with Gasteiger partial charge < -0.3 is 20.3 Å². The number of hydrogen-bond donors (Lipinski definition) is 2. The van der Waals surface area contributed by atoms with Gasteiger partial charge in [0.1, 0.15) is 0 Å². The average Bonchev–Trinajstić information content (AvgIpc) is 3.46. The van der Waals surface area contributed by atoms with Gasteiger partial charge in [-0.3, -0.25) is 9.79 Å². The van der Waals surface area contributed by atoms with Crippen molar-refractivity contribution in [2.24, 2.45) is 10.9 Å². The van der Waals surface area contributed by atoms with E-state index in [1.807, 2.05) is 17.0 Å². The molecule has 1 aromatic rings. The fourth-order valence-electron chi connectivity index (χ4n) is 4.76. The molecule has 0 bridgehead atoms. The zero-order chi connectivity index (χ0) is 21.9. The third kappa shape index (κ3) is 8.21. The molecule has 32 heavy (non-hydrogen) atoms. The number of amides is 1. The molecule has 0 spiro atoms. The Morgan fingerprint density at radius 1 is 1.16 bits per heavy atom. The van der Waals surface area contributed by atoms with Crippen LogP contribution in [0.1, 0.15) is 69.9 Å². The van der Waals surface area contributed by atoms with Crippen molar-refractivity contribution in [2.45, 2.75) is 78.0 Å². The van der Waals surface area contributed by atoms with Gasteiger partial charge in [-0.2, -0.15) is 0 Å². The Hall–Kier alpha value is -1.35. The molecule has 1 unspecified atom stereocenters. The molecule has 1 fully saturated rings. The number of carbonyl (C=O) groups excluding carboxylic acids is 1. The minimum absolute atomic E-state index is 0. The Bertz CT molecular complexity index is 697. The van der Waals surface area contributed by atoms with Crippen LogP contribution in [0.2, 0.25) is 0 Å². The monoisotopic (exact) mass is 556 g/mol. The number of halogens is 1. The van der Waals surface area contributed by atoms with Gasteiger partial charge in [0.2, 0.25) is 5.91 Å². The number of guanidine groups is 1. The summed E-state index contributed by atoms with van der Waals surface area (Å²) in [5, 5.41) is 6.77. The summed E-state index contributed by atoms with van der Waals surface area (Å²) in [6.07, 6.45) is 7.96. The van der Waals surface area contributed by atoms with Crippen LogP contribution in [0.15, 0.2) is 29.3 Å². The molecular formula is C25H41IN4O2. The van der Waals surface area contributed by atoms with Gasteiger partial charge in [0.15, 0.2) is 5.96 Å². The predicted octanol–water partition coefficient (Wildman–Crippen LogP) is 4.47. The second-order valence-electron chi connectivity index (χ2n) is 8.64. The first-order chi connectivity index (χ1) is 15.2. The number of ether oxygens (including phenoxy) is 1. The maximum Gasteiger partial charge on any atom is 0.223 e. The third-order valence-corrected chi connectivity index (χ3v) is 6.38. The highest BCUT2D eigenvalue weighted by Gasteiger charge is 2.25. The van der Waals surface area contributed by atoms with Crippen LogP contribution in [0, 0.1) is 5.92 Å². The molecule has 0 saturated heterocycles. The molecule has 1 saturated carbocycles. The summed E-state index contributed by atoms with van der Waals surface area (Å²) in [7, 11) is 0. The van der Waals surface area contributed by atoms with E-state index in [9.17, 15) is 4.79 Å². The Kier molecular flexibility index (Phi) is 12.4. The zero-order valence-electron chi connectivity index (χ0n) is 19.8. The van der Waals surface area contributed by atoms with Crippen molar-refractivity contribution in [1.82, 2.24) is 15.5 Å². The Labute approximate surface area is 211 Å². The number of aliphatic imine (C=N–C) groups is 1. The number of carbonyl (C=O) groups is 1. The van der Waals surface area contributed by atoms with E-state index in [1.54, 1.807) is 0 Å². The van der Waals surface area contributed by atoms with Crippen LogP contribution in [-0.2, 0) is 22.6 Å². The summed E-state index contributed by atoms with van der Waals surface area (Å²) in [4.78, 5) is 19.2. The first-order valence-electron chi connectivity index (χ1n) is 12.2. The molecule has 1 heterocycles. The number of hydrogen-bond acceptors (Lipinski definition) is 3. The Balaban J connectivity index is 0.00000363. The van der Waals surface area contributed by atoms with Crippen molar-refractivity contribution in [3.8, 4) is 0 Å². The largest absolute Gasteiger partial charge is 0.378 e. The van der Waals surface area contributed by atoms with E-state index in [-0.39, 0.29) is 29.9 Å². The molecule has 6 nitrogen and oxygen atoms in total. The molecule has 2 N–H and O–H groups in total. The van der Waals surface area contributed by atoms with Gasteiger partial charge in [-0.05, 0) is 56.6 Å². The summed E-state index contributed by atoms with van der Waals surface area (Å²) < 4.78 is 6.02. The molecule has 3 rings (SSSR count). The second-order valence-corrected chi connectivity index (χ2v) is 8.64. The molecule has 7 heteroatoms. The summed E-state index contributed by atoms with van der Waals surface area (Å²) in [5.41, 5.74) is 2.55. The van der Waals surface area contributed by atoms with Gasteiger partial charge in [-0.15, -0.1) is 24.0 Å².